The maximum Gasteiger partial charge on any atom is 0.498 e. The fourth-order valence-electron chi connectivity index (χ4n) is 3.51. The number of rotatable bonds is 3. The van der Waals surface area contributed by atoms with Crippen molar-refractivity contribution in [3.05, 3.63) is 22.7 Å². The third-order valence-electron chi connectivity index (χ3n) is 5.70. The van der Waals surface area contributed by atoms with Crippen LogP contribution in [0.3, 0.4) is 0 Å². The van der Waals surface area contributed by atoms with Gasteiger partial charge in [0.2, 0.25) is 0 Å². The summed E-state index contributed by atoms with van der Waals surface area (Å²) in [6.45, 7) is 8.34. The average molecular weight is 432 g/mol. The molecule has 1 N–H and O–H groups in total. The molecule has 6 nitrogen and oxygen atoms in total. The third-order valence-corrected chi connectivity index (χ3v) is 5.92. The number of nitrogens with zero attached hydrogens (tertiary/aromatic N) is 1. The van der Waals surface area contributed by atoms with E-state index in [1.165, 1.54) is 0 Å². The smallest absolute Gasteiger partial charge is 0.488 e. The zero-order valence-electron chi connectivity index (χ0n) is 17.1. The first-order valence-corrected chi connectivity index (χ1v) is 9.77. The van der Waals surface area contributed by atoms with Crippen molar-refractivity contribution < 1.29 is 32.7 Å². The lowest BCUT2D eigenvalue weighted by atomic mass is 9.77. The lowest BCUT2D eigenvalue weighted by Crippen LogP contribution is -2.53. The van der Waals surface area contributed by atoms with Crippen molar-refractivity contribution in [1.29, 1.82) is 0 Å². The predicted octanol–water partition coefficient (Wildman–Crippen LogP) is 3.71. The van der Waals surface area contributed by atoms with E-state index in [0.717, 1.165) is 0 Å². The van der Waals surface area contributed by atoms with E-state index in [9.17, 15) is 13.6 Å². The molecule has 0 aliphatic carbocycles. The molecule has 1 aromatic rings. The molecule has 1 atom stereocenters. The Morgan fingerprint density at radius 2 is 1.86 bits per heavy atom. The number of hydrogen-bond acceptors (Lipinski definition) is 4. The number of likely N-dealkylation sites (tertiary alicyclic amines) is 1. The molecule has 2 saturated heterocycles. The molecule has 3 rings (SSSR count). The topological polar surface area (TPSA) is 68.2 Å². The highest BCUT2D eigenvalue weighted by Crippen LogP contribution is 2.38. The lowest BCUT2D eigenvalue weighted by Gasteiger charge is -2.36. The summed E-state index contributed by atoms with van der Waals surface area (Å²) >= 11 is 6.22. The van der Waals surface area contributed by atoms with E-state index in [-0.39, 0.29) is 6.54 Å². The second-order valence-corrected chi connectivity index (χ2v) is 9.13. The predicted molar refractivity (Wildman–Crippen MR) is 105 cm³/mol. The maximum atomic E-state index is 14.1. The number of halogens is 3. The standard InChI is InChI=1S/C19H25BClF2NO5/c1-11-6-12(21)7-14(20-28-17(2,3)18(4,5)29-20)15(11)27-13-8-19(22,23)10-24(9-13)16(25)26/h6-7,13H,8-10H2,1-5H3,(H,25,26). The van der Waals surface area contributed by atoms with Gasteiger partial charge in [-0.2, -0.15) is 0 Å². The molecule has 2 aliphatic heterocycles. The number of carbonyl (C=O) groups is 1. The van der Waals surface area contributed by atoms with Crippen molar-refractivity contribution in [2.45, 2.75) is 64.3 Å². The van der Waals surface area contributed by atoms with Gasteiger partial charge in [-0.05, 0) is 52.3 Å². The minimum atomic E-state index is -3.17. The summed E-state index contributed by atoms with van der Waals surface area (Å²) in [6, 6.07) is 3.28. The fourth-order valence-corrected chi connectivity index (χ4v) is 3.79. The quantitative estimate of drug-likeness (QED) is 0.739. The van der Waals surface area contributed by atoms with E-state index in [1.54, 1.807) is 19.1 Å². The van der Waals surface area contributed by atoms with Gasteiger partial charge in [0, 0.05) is 10.5 Å². The lowest BCUT2D eigenvalue weighted by molar-refractivity contribution is -0.0932. The van der Waals surface area contributed by atoms with Crippen molar-refractivity contribution in [3.63, 3.8) is 0 Å². The van der Waals surface area contributed by atoms with Crippen LogP contribution in [0.4, 0.5) is 13.6 Å². The Morgan fingerprint density at radius 3 is 2.41 bits per heavy atom. The zero-order chi connectivity index (χ0) is 21.8. The van der Waals surface area contributed by atoms with Crippen LogP contribution >= 0.6 is 11.6 Å². The molecule has 0 saturated carbocycles. The van der Waals surface area contributed by atoms with Gasteiger partial charge in [-0.3, -0.25) is 4.90 Å². The zero-order valence-corrected chi connectivity index (χ0v) is 17.8. The molecule has 1 amide bonds. The Bertz CT molecular complexity index is 804. The van der Waals surface area contributed by atoms with E-state index in [4.69, 9.17) is 30.8 Å². The molecule has 2 fully saturated rings. The molecule has 1 unspecified atom stereocenters. The molecule has 29 heavy (non-hydrogen) atoms. The number of carboxylic acid groups (broad SMARTS) is 1. The number of hydrogen-bond donors (Lipinski definition) is 1. The highest BCUT2D eigenvalue weighted by Gasteiger charge is 2.53. The van der Waals surface area contributed by atoms with Crippen molar-refractivity contribution in [2.24, 2.45) is 0 Å². The summed E-state index contributed by atoms with van der Waals surface area (Å²) in [7, 11) is -0.799. The minimum Gasteiger partial charge on any atom is -0.488 e. The second kappa shape index (κ2) is 7.28. The van der Waals surface area contributed by atoms with Gasteiger partial charge < -0.3 is 19.2 Å². The van der Waals surface area contributed by atoms with Gasteiger partial charge in [0.1, 0.15) is 11.9 Å². The molecule has 0 radical (unpaired) electrons. The minimum absolute atomic E-state index is 0.157. The monoisotopic (exact) mass is 431 g/mol. The van der Waals surface area contributed by atoms with Gasteiger partial charge in [-0.25, -0.2) is 13.6 Å². The van der Waals surface area contributed by atoms with Gasteiger partial charge in [-0.15, -0.1) is 0 Å². The number of ether oxygens (including phenoxy) is 1. The van der Waals surface area contributed by atoms with Gasteiger partial charge in [0.15, 0.2) is 0 Å². The van der Waals surface area contributed by atoms with Crippen LogP contribution in [-0.2, 0) is 9.31 Å². The van der Waals surface area contributed by atoms with Crippen LogP contribution in [-0.4, -0.2) is 59.5 Å². The van der Waals surface area contributed by atoms with Gasteiger partial charge >= 0.3 is 13.2 Å². The molecule has 1 aromatic carbocycles. The molecular weight excluding hydrogens is 406 g/mol. The first-order valence-electron chi connectivity index (χ1n) is 9.39. The SMILES string of the molecule is Cc1cc(Cl)cc(B2OC(C)(C)C(C)(C)O2)c1OC1CN(C(=O)O)CC(F)(F)C1. The van der Waals surface area contributed by atoms with Crippen LogP contribution in [0.25, 0.3) is 0 Å². The summed E-state index contributed by atoms with van der Waals surface area (Å²) in [5, 5.41) is 9.60. The van der Waals surface area contributed by atoms with Gasteiger partial charge in [-0.1, -0.05) is 11.6 Å². The van der Waals surface area contributed by atoms with Crippen molar-refractivity contribution in [2.75, 3.05) is 13.1 Å². The Morgan fingerprint density at radius 1 is 1.28 bits per heavy atom. The van der Waals surface area contributed by atoms with Crippen molar-refractivity contribution in [1.82, 2.24) is 4.90 Å². The van der Waals surface area contributed by atoms with Crippen LogP contribution in [0.2, 0.25) is 5.02 Å². The van der Waals surface area contributed by atoms with E-state index in [2.05, 4.69) is 0 Å². The Hall–Kier alpha value is -1.58. The summed E-state index contributed by atoms with van der Waals surface area (Å²) in [5.74, 6) is -2.85. The van der Waals surface area contributed by atoms with Gasteiger partial charge in [0.25, 0.3) is 5.92 Å². The number of alkyl halides is 2. The van der Waals surface area contributed by atoms with Crippen LogP contribution in [0.15, 0.2) is 12.1 Å². The largest absolute Gasteiger partial charge is 0.498 e. The van der Waals surface area contributed by atoms with Crippen LogP contribution in [0, 0.1) is 6.92 Å². The Kier molecular flexibility index (Phi) is 5.56. The number of amides is 1. The summed E-state index contributed by atoms with van der Waals surface area (Å²) in [6.07, 6.45) is -3.00. The maximum absolute atomic E-state index is 14.1. The number of benzene rings is 1. The second-order valence-electron chi connectivity index (χ2n) is 8.69. The van der Waals surface area contributed by atoms with Crippen molar-refractivity contribution >= 4 is 30.3 Å². The fraction of sp³-hybridized carbons (Fsp3) is 0.632. The molecule has 2 heterocycles. The van der Waals surface area contributed by atoms with E-state index in [1.807, 2.05) is 27.7 Å². The Labute approximate surface area is 174 Å². The molecule has 0 bridgehead atoms. The number of piperidine rings is 1. The Balaban J connectivity index is 1.93. The van der Waals surface area contributed by atoms with Gasteiger partial charge in [0.05, 0.1) is 30.7 Å². The summed E-state index contributed by atoms with van der Waals surface area (Å²) in [4.78, 5) is 11.9. The van der Waals surface area contributed by atoms with Crippen LogP contribution < -0.4 is 10.2 Å². The summed E-state index contributed by atoms with van der Waals surface area (Å²) < 4.78 is 46.3. The van der Waals surface area contributed by atoms with E-state index < -0.39 is 49.4 Å². The van der Waals surface area contributed by atoms with E-state index in [0.29, 0.717) is 26.7 Å². The third kappa shape index (κ3) is 4.46. The molecule has 10 heteroatoms. The normalized spacial score (nSPS) is 25.2. The molecule has 2 aliphatic rings. The number of aryl methyl sites for hydroxylation is 1. The first kappa shape index (κ1) is 22.1. The summed E-state index contributed by atoms with van der Waals surface area (Å²) in [5.41, 5.74) is -0.103. The highest BCUT2D eigenvalue weighted by atomic mass is 35.5. The molecule has 0 spiro atoms. The van der Waals surface area contributed by atoms with E-state index >= 15 is 0 Å². The van der Waals surface area contributed by atoms with Crippen molar-refractivity contribution in [3.8, 4) is 5.75 Å². The molecular formula is C19H25BClF2NO5. The highest BCUT2D eigenvalue weighted by molar-refractivity contribution is 6.63. The first-order chi connectivity index (χ1) is 13.2. The molecule has 0 aromatic heterocycles. The molecule has 160 valence electrons. The van der Waals surface area contributed by atoms with Crippen LogP contribution in [0.5, 0.6) is 5.75 Å². The average Bonchev–Trinajstić information content (AvgIpc) is 2.76. The van der Waals surface area contributed by atoms with Crippen LogP contribution in [0.1, 0.15) is 39.7 Å².